The van der Waals surface area contributed by atoms with Gasteiger partial charge in [0.15, 0.2) is 0 Å². The summed E-state index contributed by atoms with van der Waals surface area (Å²) in [6, 6.07) is 5.34. The number of carbonyl (C=O) groups is 2. The lowest BCUT2D eigenvalue weighted by Gasteiger charge is -2.35. The van der Waals surface area contributed by atoms with E-state index >= 15 is 0 Å². The van der Waals surface area contributed by atoms with Crippen molar-refractivity contribution in [1.82, 2.24) is 30.1 Å². The maximum absolute atomic E-state index is 12.8. The van der Waals surface area contributed by atoms with Gasteiger partial charge in [-0.2, -0.15) is 23.3 Å². The van der Waals surface area contributed by atoms with E-state index in [2.05, 4.69) is 25.1 Å². The van der Waals surface area contributed by atoms with Crippen molar-refractivity contribution in [2.45, 2.75) is 12.2 Å². The van der Waals surface area contributed by atoms with Crippen LogP contribution >= 0.6 is 0 Å². The van der Waals surface area contributed by atoms with Crippen molar-refractivity contribution in [3.05, 3.63) is 53.7 Å². The third-order valence-corrected chi connectivity index (χ3v) is 5.01. The molecular formula is C20H19F3N6O4. The van der Waals surface area contributed by atoms with E-state index in [9.17, 15) is 22.8 Å². The topological polar surface area (TPSA) is 115 Å². The molecule has 4 rings (SSSR count). The molecule has 3 heterocycles. The maximum Gasteiger partial charge on any atom is 0.471 e. The second-order valence-corrected chi connectivity index (χ2v) is 7.34. The van der Waals surface area contributed by atoms with Crippen LogP contribution in [-0.2, 0) is 18.0 Å². The van der Waals surface area contributed by atoms with Crippen LogP contribution in [0.3, 0.4) is 0 Å². The van der Waals surface area contributed by atoms with Gasteiger partial charge in [-0.05, 0) is 12.1 Å². The fourth-order valence-electron chi connectivity index (χ4n) is 3.33. The fourth-order valence-corrected chi connectivity index (χ4v) is 3.33. The number of carbonyl (C=O) groups excluding carboxylic acids is 2. The van der Waals surface area contributed by atoms with Gasteiger partial charge in [-0.15, -0.1) is 0 Å². The number of nitrogens with one attached hydrogen (secondary N) is 1. The monoisotopic (exact) mass is 464 g/mol. The molecule has 13 heteroatoms. The van der Waals surface area contributed by atoms with Crippen molar-refractivity contribution in [1.29, 1.82) is 0 Å². The summed E-state index contributed by atoms with van der Waals surface area (Å²) in [6.45, 7) is 1.20. The third kappa shape index (κ3) is 5.03. The Balaban J connectivity index is 1.38. The zero-order valence-corrected chi connectivity index (χ0v) is 17.4. The number of nitrogens with zero attached hydrogens (tertiary/aromatic N) is 5. The summed E-state index contributed by atoms with van der Waals surface area (Å²) >= 11 is 0. The highest BCUT2D eigenvalue weighted by Gasteiger charge is 2.38. The van der Waals surface area contributed by atoms with Crippen LogP contribution in [0, 0.1) is 0 Å². The van der Waals surface area contributed by atoms with E-state index in [-0.39, 0.29) is 42.1 Å². The normalized spacial score (nSPS) is 16.6. The highest BCUT2D eigenvalue weighted by atomic mass is 19.4. The highest BCUT2D eigenvalue weighted by molar-refractivity contribution is 5.95. The van der Waals surface area contributed by atoms with Crippen molar-refractivity contribution in [2.75, 3.05) is 26.3 Å². The number of morpholine rings is 1. The van der Waals surface area contributed by atoms with Gasteiger partial charge in [0.1, 0.15) is 0 Å². The quantitative estimate of drug-likeness (QED) is 0.612. The van der Waals surface area contributed by atoms with Gasteiger partial charge in [0.05, 0.1) is 31.0 Å². The largest absolute Gasteiger partial charge is 0.471 e. The zero-order valence-electron chi connectivity index (χ0n) is 17.4. The number of hydrogen-bond acceptors (Lipinski definition) is 7. The number of rotatable bonds is 5. The molecule has 1 aromatic carbocycles. The Morgan fingerprint density at radius 3 is 2.61 bits per heavy atom. The predicted octanol–water partition coefficient (Wildman–Crippen LogP) is 1.76. The summed E-state index contributed by atoms with van der Waals surface area (Å²) < 4.78 is 49.1. The minimum absolute atomic E-state index is 0.159. The van der Waals surface area contributed by atoms with Crippen molar-refractivity contribution in [2.24, 2.45) is 7.05 Å². The molecule has 2 aromatic heterocycles. The Labute approximate surface area is 185 Å². The smallest absolute Gasteiger partial charge is 0.377 e. The molecule has 0 saturated carbocycles. The van der Waals surface area contributed by atoms with Gasteiger partial charge in [-0.1, -0.05) is 17.3 Å². The Kier molecular flexibility index (Phi) is 6.14. The summed E-state index contributed by atoms with van der Waals surface area (Å²) in [7, 11) is 1.72. The molecule has 0 spiro atoms. The second kappa shape index (κ2) is 9.02. The van der Waals surface area contributed by atoms with Gasteiger partial charge in [-0.3, -0.25) is 14.3 Å². The lowest BCUT2D eigenvalue weighted by atomic mass is 10.1. The predicted molar refractivity (Wildman–Crippen MR) is 106 cm³/mol. The SMILES string of the molecule is Cn1cc(C(=O)N2CCOC[C@H]2CNC(=O)c2ccc(-c3noc(C(F)(F)F)n3)cc2)cn1. The number of aryl methyl sites for hydroxylation is 1. The summed E-state index contributed by atoms with van der Waals surface area (Å²) in [5.74, 6) is -2.30. The number of hydrogen-bond donors (Lipinski definition) is 1. The van der Waals surface area contributed by atoms with Crippen molar-refractivity contribution < 1.29 is 32.0 Å². The number of ether oxygens (including phenoxy) is 1. The van der Waals surface area contributed by atoms with Crippen LogP contribution in [0.5, 0.6) is 0 Å². The number of benzene rings is 1. The Morgan fingerprint density at radius 1 is 1.21 bits per heavy atom. The summed E-state index contributed by atoms with van der Waals surface area (Å²) in [4.78, 5) is 30.3. The molecule has 0 aliphatic carbocycles. The molecule has 0 radical (unpaired) electrons. The molecule has 1 atom stereocenters. The van der Waals surface area contributed by atoms with E-state index < -0.39 is 18.0 Å². The van der Waals surface area contributed by atoms with Crippen molar-refractivity contribution in [3.8, 4) is 11.4 Å². The fraction of sp³-hybridized carbons (Fsp3) is 0.350. The first-order valence-electron chi connectivity index (χ1n) is 9.89. The van der Waals surface area contributed by atoms with E-state index in [1.165, 1.54) is 35.1 Å². The second-order valence-electron chi connectivity index (χ2n) is 7.34. The third-order valence-electron chi connectivity index (χ3n) is 5.01. The first-order valence-corrected chi connectivity index (χ1v) is 9.89. The van der Waals surface area contributed by atoms with Gasteiger partial charge in [0.25, 0.3) is 11.8 Å². The molecule has 174 valence electrons. The first kappa shape index (κ1) is 22.5. The van der Waals surface area contributed by atoms with Crippen LogP contribution in [0.15, 0.2) is 41.2 Å². The lowest BCUT2D eigenvalue weighted by Crippen LogP contribution is -2.53. The molecular weight excluding hydrogens is 445 g/mol. The zero-order chi connectivity index (χ0) is 23.6. The number of aromatic nitrogens is 4. The number of alkyl halides is 3. The molecule has 3 aromatic rings. The number of amides is 2. The van der Waals surface area contributed by atoms with Gasteiger partial charge in [-0.25, -0.2) is 0 Å². The van der Waals surface area contributed by atoms with Crippen molar-refractivity contribution >= 4 is 11.8 Å². The van der Waals surface area contributed by atoms with E-state index in [1.54, 1.807) is 18.1 Å². The molecule has 0 unspecified atom stereocenters. The molecule has 2 amide bonds. The highest BCUT2D eigenvalue weighted by Crippen LogP contribution is 2.29. The van der Waals surface area contributed by atoms with E-state index in [4.69, 9.17) is 4.74 Å². The summed E-state index contributed by atoms with van der Waals surface area (Å²) in [5.41, 5.74) is 0.987. The molecule has 10 nitrogen and oxygen atoms in total. The first-order chi connectivity index (χ1) is 15.7. The van der Waals surface area contributed by atoms with Crippen LogP contribution in [0.2, 0.25) is 0 Å². The molecule has 1 fully saturated rings. The van der Waals surface area contributed by atoms with Gasteiger partial charge in [0, 0.05) is 37.5 Å². The van der Waals surface area contributed by atoms with E-state index in [0.29, 0.717) is 18.7 Å². The average Bonchev–Trinajstić information content (AvgIpc) is 3.47. The number of halogens is 3. The van der Waals surface area contributed by atoms with Crippen LogP contribution in [0.25, 0.3) is 11.4 Å². The minimum atomic E-state index is -4.74. The maximum atomic E-state index is 12.8. The van der Waals surface area contributed by atoms with Crippen molar-refractivity contribution in [3.63, 3.8) is 0 Å². The molecule has 0 bridgehead atoms. The van der Waals surface area contributed by atoms with Gasteiger partial charge < -0.3 is 19.5 Å². The van der Waals surface area contributed by atoms with Crippen LogP contribution in [-0.4, -0.2) is 69.0 Å². The van der Waals surface area contributed by atoms with E-state index in [1.807, 2.05) is 0 Å². The molecule has 33 heavy (non-hydrogen) atoms. The van der Waals surface area contributed by atoms with Crippen LogP contribution in [0.1, 0.15) is 26.6 Å². The standard InChI is InChI=1S/C20H19F3N6O4/c1-28-10-14(8-25-28)18(31)29-6-7-32-11-15(29)9-24-17(30)13-4-2-12(3-5-13)16-26-19(33-27-16)20(21,22)23/h2-5,8,10,15H,6-7,9,11H2,1H3,(H,24,30)/t15-/m1/s1. The Bertz CT molecular complexity index is 1140. The van der Waals surface area contributed by atoms with E-state index in [0.717, 1.165) is 0 Å². The summed E-state index contributed by atoms with van der Waals surface area (Å²) in [6.07, 6.45) is -1.63. The Hall–Kier alpha value is -3.74. The Morgan fingerprint density at radius 2 is 1.97 bits per heavy atom. The van der Waals surface area contributed by atoms with Crippen LogP contribution < -0.4 is 5.32 Å². The summed E-state index contributed by atoms with van der Waals surface area (Å²) in [5, 5.41) is 10.1. The molecule has 1 N–H and O–H groups in total. The van der Waals surface area contributed by atoms with Gasteiger partial charge in [0.2, 0.25) is 5.82 Å². The molecule has 1 aliphatic heterocycles. The minimum Gasteiger partial charge on any atom is -0.377 e. The molecule has 1 saturated heterocycles. The molecule has 1 aliphatic rings. The average molecular weight is 464 g/mol. The van der Waals surface area contributed by atoms with Crippen LogP contribution in [0.4, 0.5) is 13.2 Å². The van der Waals surface area contributed by atoms with Gasteiger partial charge >= 0.3 is 12.1 Å². The lowest BCUT2D eigenvalue weighted by molar-refractivity contribution is -0.159.